The average molecular weight is 767 g/mol. The Labute approximate surface area is 345 Å². The minimum Gasteiger partial charge on any atom is -0.309 e. The van der Waals surface area contributed by atoms with Gasteiger partial charge in [-0.2, -0.15) is 9.97 Å². The van der Waals surface area contributed by atoms with E-state index in [1.165, 1.54) is 21.7 Å². The van der Waals surface area contributed by atoms with Gasteiger partial charge < -0.3 is 4.57 Å². The first kappa shape index (κ1) is 33.9. The summed E-state index contributed by atoms with van der Waals surface area (Å²) < 4.78 is 4.50. The number of pyridine rings is 1. The Balaban J connectivity index is 1.00. The number of benzene rings is 8. The number of hydrogen-bond donors (Lipinski definition) is 0. The van der Waals surface area contributed by atoms with Crippen LogP contribution >= 0.6 is 0 Å². The van der Waals surface area contributed by atoms with E-state index in [2.05, 4.69) is 190 Å². The zero-order chi connectivity index (χ0) is 39.6. The van der Waals surface area contributed by atoms with Crippen molar-refractivity contribution in [3.05, 3.63) is 207 Å². The summed E-state index contributed by atoms with van der Waals surface area (Å²) in [7, 11) is 0. The highest BCUT2D eigenvalue weighted by Crippen LogP contribution is 2.38. The minimum atomic E-state index is 0.568. The summed E-state index contributed by atoms with van der Waals surface area (Å²) in [6, 6.07) is 68.3. The molecule has 8 aromatic carbocycles. The summed E-state index contributed by atoms with van der Waals surface area (Å²) in [6.45, 7) is 0. The molecule has 6 nitrogen and oxygen atoms in total. The molecule has 60 heavy (non-hydrogen) atoms. The number of rotatable bonds is 6. The van der Waals surface area contributed by atoms with Crippen molar-refractivity contribution in [3.63, 3.8) is 0 Å². The van der Waals surface area contributed by atoms with Gasteiger partial charge in [-0.05, 0) is 81.6 Å². The molecule has 0 amide bonds. The van der Waals surface area contributed by atoms with Crippen LogP contribution in [0.1, 0.15) is 0 Å². The van der Waals surface area contributed by atoms with E-state index in [4.69, 9.17) is 15.0 Å². The van der Waals surface area contributed by atoms with Gasteiger partial charge in [0.2, 0.25) is 5.95 Å². The van der Waals surface area contributed by atoms with Crippen LogP contribution in [0.2, 0.25) is 0 Å². The first-order valence-electron chi connectivity index (χ1n) is 20.1. The van der Waals surface area contributed by atoms with Crippen LogP contribution in [-0.2, 0) is 0 Å². The second-order valence-corrected chi connectivity index (χ2v) is 15.1. The maximum atomic E-state index is 5.23. The Morgan fingerprint density at radius 1 is 0.333 bits per heavy atom. The minimum absolute atomic E-state index is 0.568. The third kappa shape index (κ3) is 5.50. The molecule has 0 fully saturated rings. The SMILES string of the molecule is c1ccc(-c2nc(-c3ccc(-c4cccc5ccccc45)cc3)nc(-n3c4ccccc4c4cc(-c5ccc6c(c5)c5cnccc5n6-c5ccccc5)ccc43)n2)cc1. The molecule has 0 unspecified atom stereocenters. The standard InChI is InChI=1S/C54H34N6/c1-3-13-37(14-4-1)52-56-53(38-24-22-36(23-25-38)43-20-11-15-35-12-7-8-18-42(35)43)58-54(57-52)60-48-21-10-9-19-44(48)45-32-39(27-29-50(45)60)40-26-28-49-46(33-40)47-34-55-31-30-51(47)59(49)41-16-5-2-6-17-41/h1-34H. The van der Waals surface area contributed by atoms with Crippen LogP contribution in [0.4, 0.5) is 0 Å². The predicted octanol–water partition coefficient (Wildman–Crippen LogP) is 13.3. The maximum Gasteiger partial charge on any atom is 0.238 e. The number of para-hydroxylation sites is 2. The van der Waals surface area contributed by atoms with Gasteiger partial charge in [-0.25, -0.2) is 4.98 Å². The zero-order valence-electron chi connectivity index (χ0n) is 32.3. The normalized spacial score (nSPS) is 11.7. The van der Waals surface area contributed by atoms with Crippen molar-refractivity contribution >= 4 is 54.4 Å². The van der Waals surface area contributed by atoms with Crippen LogP contribution in [0.15, 0.2) is 207 Å². The van der Waals surface area contributed by atoms with Crippen LogP contribution in [0.25, 0.3) is 111 Å². The molecule has 0 bridgehead atoms. The summed E-state index contributed by atoms with van der Waals surface area (Å²) in [5.41, 5.74) is 11.9. The van der Waals surface area contributed by atoms with Crippen LogP contribution in [0.5, 0.6) is 0 Å². The van der Waals surface area contributed by atoms with Crippen molar-refractivity contribution < 1.29 is 0 Å². The molecule has 12 rings (SSSR count). The molecular formula is C54H34N6. The lowest BCUT2D eigenvalue weighted by molar-refractivity contribution is 0.953. The predicted molar refractivity (Wildman–Crippen MR) is 246 cm³/mol. The first-order chi connectivity index (χ1) is 29.7. The molecule has 0 aliphatic rings. The molecule has 280 valence electrons. The number of fused-ring (bicyclic) bond motifs is 7. The van der Waals surface area contributed by atoms with Crippen molar-refractivity contribution in [2.24, 2.45) is 0 Å². The van der Waals surface area contributed by atoms with Gasteiger partial charge in [0.15, 0.2) is 11.6 Å². The van der Waals surface area contributed by atoms with E-state index in [9.17, 15) is 0 Å². The largest absolute Gasteiger partial charge is 0.309 e. The Kier molecular flexibility index (Phi) is 7.74. The second-order valence-electron chi connectivity index (χ2n) is 15.1. The number of nitrogens with zero attached hydrogens (tertiary/aromatic N) is 6. The fraction of sp³-hybridized carbons (Fsp3) is 0. The van der Waals surface area contributed by atoms with Gasteiger partial charge in [-0.3, -0.25) is 9.55 Å². The number of hydrogen-bond acceptors (Lipinski definition) is 4. The molecule has 0 atom stereocenters. The molecule has 0 spiro atoms. The molecule has 6 heteroatoms. The highest BCUT2D eigenvalue weighted by molar-refractivity contribution is 6.12. The van der Waals surface area contributed by atoms with E-state index >= 15 is 0 Å². The lowest BCUT2D eigenvalue weighted by Gasteiger charge is -2.12. The molecule has 0 aliphatic carbocycles. The quantitative estimate of drug-likeness (QED) is 0.169. The monoisotopic (exact) mass is 766 g/mol. The van der Waals surface area contributed by atoms with Gasteiger partial charge >= 0.3 is 0 Å². The van der Waals surface area contributed by atoms with Crippen LogP contribution in [0, 0.1) is 0 Å². The molecule has 4 heterocycles. The van der Waals surface area contributed by atoms with Crippen molar-refractivity contribution in [2.45, 2.75) is 0 Å². The molecular weight excluding hydrogens is 733 g/mol. The summed E-state index contributed by atoms with van der Waals surface area (Å²) >= 11 is 0. The molecule has 12 aromatic rings. The molecule has 4 aromatic heterocycles. The highest BCUT2D eigenvalue weighted by Gasteiger charge is 2.19. The Morgan fingerprint density at radius 2 is 0.883 bits per heavy atom. The van der Waals surface area contributed by atoms with Crippen molar-refractivity contribution in [1.82, 2.24) is 29.1 Å². The molecule has 0 saturated carbocycles. The highest BCUT2D eigenvalue weighted by atomic mass is 15.2. The zero-order valence-corrected chi connectivity index (χ0v) is 32.3. The smallest absolute Gasteiger partial charge is 0.238 e. The van der Waals surface area contributed by atoms with Crippen molar-refractivity contribution in [3.8, 4) is 56.7 Å². The summed E-state index contributed by atoms with van der Waals surface area (Å²) in [5, 5.41) is 6.99. The molecule has 0 saturated heterocycles. The van der Waals surface area contributed by atoms with Crippen LogP contribution in [0.3, 0.4) is 0 Å². The maximum absolute atomic E-state index is 5.23. The molecule has 0 aliphatic heterocycles. The van der Waals surface area contributed by atoms with Gasteiger partial charge in [0.05, 0.1) is 22.1 Å². The fourth-order valence-corrected chi connectivity index (χ4v) is 8.86. The van der Waals surface area contributed by atoms with E-state index in [0.717, 1.165) is 71.7 Å². The lowest BCUT2D eigenvalue weighted by atomic mass is 9.97. The third-order valence-corrected chi connectivity index (χ3v) is 11.7. The average Bonchev–Trinajstić information content (AvgIpc) is 3.84. The summed E-state index contributed by atoms with van der Waals surface area (Å²) in [5.74, 6) is 1.80. The van der Waals surface area contributed by atoms with Crippen LogP contribution < -0.4 is 0 Å². The molecule has 0 radical (unpaired) electrons. The Morgan fingerprint density at radius 3 is 1.65 bits per heavy atom. The molecule has 0 N–H and O–H groups in total. The fourth-order valence-electron chi connectivity index (χ4n) is 8.86. The lowest BCUT2D eigenvalue weighted by Crippen LogP contribution is -2.06. The van der Waals surface area contributed by atoms with E-state index in [0.29, 0.717) is 17.6 Å². The summed E-state index contributed by atoms with van der Waals surface area (Å²) in [6.07, 6.45) is 3.84. The summed E-state index contributed by atoms with van der Waals surface area (Å²) in [4.78, 5) is 20.0. The van der Waals surface area contributed by atoms with E-state index in [1.807, 2.05) is 30.6 Å². The van der Waals surface area contributed by atoms with Gasteiger partial charge in [0.1, 0.15) is 0 Å². The third-order valence-electron chi connectivity index (χ3n) is 11.7. The second kappa shape index (κ2) is 13.7. The van der Waals surface area contributed by atoms with E-state index in [-0.39, 0.29) is 0 Å². The topological polar surface area (TPSA) is 61.4 Å². The Bertz CT molecular complexity index is 3580. The Hall–Kier alpha value is -8.22. The van der Waals surface area contributed by atoms with E-state index in [1.54, 1.807) is 0 Å². The van der Waals surface area contributed by atoms with E-state index < -0.39 is 0 Å². The first-order valence-corrected chi connectivity index (χ1v) is 20.1. The van der Waals surface area contributed by atoms with Gasteiger partial charge in [-0.1, -0.05) is 146 Å². The number of aromatic nitrogens is 6. The van der Waals surface area contributed by atoms with Gasteiger partial charge in [0, 0.05) is 50.8 Å². The van der Waals surface area contributed by atoms with Crippen LogP contribution in [-0.4, -0.2) is 29.1 Å². The van der Waals surface area contributed by atoms with Crippen molar-refractivity contribution in [2.75, 3.05) is 0 Å². The van der Waals surface area contributed by atoms with Gasteiger partial charge in [0.25, 0.3) is 0 Å². The van der Waals surface area contributed by atoms with Gasteiger partial charge in [-0.15, -0.1) is 0 Å². The van der Waals surface area contributed by atoms with Crippen molar-refractivity contribution in [1.29, 1.82) is 0 Å².